The van der Waals surface area contributed by atoms with Crippen molar-refractivity contribution in [2.75, 3.05) is 11.1 Å². The predicted octanol–water partition coefficient (Wildman–Crippen LogP) is 3.15. The molecule has 0 bridgehead atoms. The average molecular weight is 291 g/mol. The second kappa shape index (κ2) is 6.38. The predicted molar refractivity (Wildman–Crippen MR) is 81.3 cm³/mol. The summed E-state index contributed by atoms with van der Waals surface area (Å²) in [4.78, 5) is 15.9. The molecule has 1 amide bonds. The van der Waals surface area contributed by atoms with Gasteiger partial charge in [-0.2, -0.15) is 0 Å². The molecule has 0 aliphatic rings. The maximum atomic E-state index is 12.0. The molecule has 20 heavy (non-hydrogen) atoms. The van der Waals surface area contributed by atoms with Gasteiger partial charge in [-0.25, -0.2) is 4.98 Å². The summed E-state index contributed by atoms with van der Waals surface area (Å²) >= 11 is 1.24. The van der Waals surface area contributed by atoms with Crippen molar-refractivity contribution in [1.82, 2.24) is 4.98 Å². The van der Waals surface area contributed by atoms with Crippen molar-refractivity contribution in [3.63, 3.8) is 0 Å². The zero-order valence-electron chi connectivity index (χ0n) is 11.4. The van der Waals surface area contributed by atoms with E-state index in [1.54, 1.807) is 17.5 Å². The van der Waals surface area contributed by atoms with Crippen LogP contribution in [0, 0.1) is 0 Å². The molecule has 3 N–H and O–H groups in total. The van der Waals surface area contributed by atoms with Gasteiger partial charge in [0.05, 0.1) is 6.10 Å². The molecular formula is C14H17N3O2S. The summed E-state index contributed by atoms with van der Waals surface area (Å²) in [6.45, 7) is 4.06. The van der Waals surface area contributed by atoms with Crippen LogP contribution in [0.15, 0.2) is 29.6 Å². The lowest BCUT2D eigenvalue weighted by molar-refractivity contribution is 0.102. The highest BCUT2D eigenvalue weighted by atomic mass is 32.1. The molecular weight excluding hydrogens is 274 g/mol. The average Bonchev–Trinajstić information content (AvgIpc) is 2.86. The number of nitrogen functional groups attached to an aromatic ring is 1. The number of anilines is 2. The first kappa shape index (κ1) is 14.3. The standard InChI is InChI=1S/C14H17N3O2S/c1-3-9(2)19-11-6-4-5-10(7-11)16-13(18)12-8-20-14(15)17-12/h4-9H,3H2,1-2H3,(H2,15,17)(H,16,18). The van der Waals surface area contributed by atoms with Crippen LogP contribution >= 0.6 is 11.3 Å². The monoisotopic (exact) mass is 291 g/mol. The first-order valence-electron chi connectivity index (χ1n) is 6.37. The van der Waals surface area contributed by atoms with Gasteiger partial charge < -0.3 is 15.8 Å². The van der Waals surface area contributed by atoms with Gasteiger partial charge in [-0.3, -0.25) is 4.79 Å². The topological polar surface area (TPSA) is 77.2 Å². The van der Waals surface area contributed by atoms with Gasteiger partial charge in [-0.05, 0) is 25.5 Å². The number of benzene rings is 1. The quantitative estimate of drug-likeness (QED) is 0.887. The number of nitrogens with zero attached hydrogens (tertiary/aromatic N) is 1. The van der Waals surface area contributed by atoms with Gasteiger partial charge in [0.25, 0.3) is 5.91 Å². The van der Waals surface area contributed by atoms with Crippen molar-refractivity contribution < 1.29 is 9.53 Å². The van der Waals surface area contributed by atoms with Gasteiger partial charge in [0.15, 0.2) is 5.13 Å². The third-order valence-electron chi connectivity index (χ3n) is 2.76. The van der Waals surface area contributed by atoms with Gasteiger partial charge in [-0.1, -0.05) is 13.0 Å². The highest BCUT2D eigenvalue weighted by molar-refractivity contribution is 7.13. The van der Waals surface area contributed by atoms with Crippen molar-refractivity contribution in [1.29, 1.82) is 0 Å². The minimum Gasteiger partial charge on any atom is -0.491 e. The van der Waals surface area contributed by atoms with E-state index in [0.29, 0.717) is 16.5 Å². The van der Waals surface area contributed by atoms with Gasteiger partial charge >= 0.3 is 0 Å². The highest BCUT2D eigenvalue weighted by Gasteiger charge is 2.10. The molecule has 0 radical (unpaired) electrons. The SMILES string of the molecule is CCC(C)Oc1cccc(NC(=O)c2csc(N)n2)c1. The number of rotatable bonds is 5. The molecule has 0 spiro atoms. The number of nitrogens with two attached hydrogens (primary N) is 1. The van der Waals surface area contributed by atoms with Crippen LogP contribution in [0.25, 0.3) is 0 Å². The Kier molecular flexibility index (Phi) is 4.57. The van der Waals surface area contributed by atoms with Gasteiger partial charge in [0, 0.05) is 17.1 Å². The smallest absolute Gasteiger partial charge is 0.275 e. The molecule has 1 aromatic carbocycles. The number of nitrogens with one attached hydrogen (secondary N) is 1. The molecule has 2 rings (SSSR count). The maximum absolute atomic E-state index is 12.0. The normalized spacial score (nSPS) is 11.9. The lowest BCUT2D eigenvalue weighted by Crippen LogP contribution is -2.13. The molecule has 1 atom stereocenters. The third-order valence-corrected chi connectivity index (χ3v) is 3.43. The van der Waals surface area contributed by atoms with E-state index in [9.17, 15) is 4.79 Å². The first-order valence-corrected chi connectivity index (χ1v) is 7.25. The summed E-state index contributed by atoms with van der Waals surface area (Å²) in [5, 5.41) is 4.78. The van der Waals surface area contributed by atoms with Crippen LogP contribution in [0.4, 0.5) is 10.8 Å². The second-order valence-corrected chi connectivity index (χ2v) is 5.28. The van der Waals surface area contributed by atoms with Crippen LogP contribution in [-0.2, 0) is 0 Å². The Hall–Kier alpha value is -2.08. The second-order valence-electron chi connectivity index (χ2n) is 4.39. The molecule has 0 saturated heterocycles. The summed E-state index contributed by atoms with van der Waals surface area (Å²) in [7, 11) is 0. The molecule has 1 unspecified atom stereocenters. The summed E-state index contributed by atoms with van der Waals surface area (Å²) in [6.07, 6.45) is 1.06. The number of carbonyl (C=O) groups is 1. The van der Waals surface area contributed by atoms with E-state index in [1.165, 1.54) is 11.3 Å². The molecule has 6 heteroatoms. The van der Waals surface area contributed by atoms with E-state index >= 15 is 0 Å². The van der Waals surface area contributed by atoms with Crippen LogP contribution < -0.4 is 15.8 Å². The Balaban J connectivity index is 2.06. The fourth-order valence-corrected chi connectivity index (χ4v) is 2.09. The van der Waals surface area contributed by atoms with Gasteiger partial charge in [0.2, 0.25) is 0 Å². The Morgan fingerprint density at radius 1 is 1.55 bits per heavy atom. The largest absolute Gasteiger partial charge is 0.491 e. The number of aromatic nitrogens is 1. The Morgan fingerprint density at radius 2 is 2.35 bits per heavy atom. The molecule has 1 aromatic heterocycles. The van der Waals surface area contributed by atoms with Crippen molar-refractivity contribution in [2.45, 2.75) is 26.4 Å². The summed E-state index contributed by atoms with van der Waals surface area (Å²) in [5.41, 5.74) is 6.50. The number of thiazole rings is 1. The van der Waals surface area contributed by atoms with Gasteiger partial charge in [-0.15, -0.1) is 11.3 Å². The summed E-state index contributed by atoms with van der Waals surface area (Å²) in [5.74, 6) is 0.452. The number of ether oxygens (including phenoxy) is 1. The van der Waals surface area contributed by atoms with E-state index in [1.807, 2.05) is 19.1 Å². The van der Waals surface area contributed by atoms with Crippen LogP contribution in [-0.4, -0.2) is 17.0 Å². The summed E-state index contributed by atoms with van der Waals surface area (Å²) in [6, 6.07) is 7.29. The molecule has 106 valence electrons. The van der Waals surface area contributed by atoms with Crippen molar-refractivity contribution in [3.8, 4) is 5.75 Å². The minimum atomic E-state index is -0.279. The Labute approximate surface area is 121 Å². The van der Waals surface area contributed by atoms with Crippen LogP contribution in [0.2, 0.25) is 0 Å². The van der Waals surface area contributed by atoms with Crippen molar-refractivity contribution >= 4 is 28.1 Å². The molecule has 0 aliphatic heterocycles. The van der Waals surface area contributed by atoms with E-state index in [-0.39, 0.29) is 12.0 Å². The lowest BCUT2D eigenvalue weighted by Gasteiger charge is -2.13. The Bertz CT molecular complexity index is 598. The molecule has 0 saturated carbocycles. The molecule has 5 nitrogen and oxygen atoms in total. The Morgan fingerprint density at radius 3 is 3.00 bits per heavy atom. The fraction of sp³-hybridized carbons (Fsp3) is 0.286. The fourth-order valence-electron chi connectivity index (χ4n) is 1.55. The van der Waals surface area contributed by atoms with Crippen molar-refractivity contribution in [3.05, 3.63) is 35.3 Å². The highest BCUT2D eigenvalue weighted by Crippen LogP contribution is 2.20. The summed E-state index contributed by atoms with van der Waals surface area (Å²) < 4.78 is 5.71. The van der Waals surface area contributed by atoms with Gasteiger partial charge in [0.1, 0.15) is 11.4 Å². The zero-order valence-corrected chi connectivity index (χ0v) is 12.2. The van der Waals surface area contributed by atoms with Crippen LogP contribution in [0.1, 0.15) is 30.8 Å². The van der Waals surface area contributed by atoms with E-state index in [0.717, 1.165) is 12.2 Å². The van der Waals surface area contributed by atoms with E-state index in [2.05, 4.69) is 17.2 Å². The molecule has 1 heterocycles. The van der Waals surface area contributed by atoms with Crippen molar-refractivity contribution in [2.24, 2.45) is 0 Å². The van der Waals surface area contributed by atoms with Crippen LogP contribution in [0.5, 0.6) is 5.75 Å². The molecule has 0 aliphatic carbocycles. The third kappa shape index (κ3) is 3.71. The first-order chi connectivity index (χ1) is 9.58. The van der Waals surface area contributed by atoms with E-state index in [4.69, 9.17) is 10.5 Å². The number of hydrogen-bond acceptors (Lipinski definition) is 5. The van der Waals surface area contributed by atoms with E-state index < -0.39 is 0 Å². The minimum absolute atomic E-state index is 0.138. The molecule has 0 fully saturated rings. The number of carbonyl (C=O) groups excluding carboxylic acids is 1. The lowest BCUT2D eigenvalue weighted by atomic mass is 10.2. The zero-order chi connectivity index (χ0) is 14.5. The maximum Gasteiger partial charge on any atom is 0.275 e. The number of amides is 1. The number of hydrogen-bond donors (Lipinski definition) is 2. The molecule has 2 aromatic rings. The van der Waals surface area contributed by atoms with Crippen LogP contribution in [0.3, 0.4) is 0 Å².